The summed E-state index contributed by atoms with van der Waals surface area (Å²) in [5.74, 6) is 0.540. The SMILES string of the molecule is CC(=O)c1ccc(NC(=O)COc2cc(C)on2)cc1. The number of aryl methyl sites for hydroxylation is 1. The Labute approximate surface area is 115 Å². The smallest absolute Gasteiger partial charge is 0.262 e. The van der Waals surface area contributed by atoms with E-state index < -0.39 is 0 Å². The van der Waals surface area contributed by atoms with Crippen LogP contribution in [0, 0.1) is 6.92 Å². The molecule has 1 aromatic carbocycles. The van der Waals surface area contributed by atoms with Gasteiger partial charge in [0.05, 0.1) is 0 Å². The number of anilines is 1. The molecule has 2 aromatic rings. The minimum Gasteiger partial charge on any atom is -0.465 e. The molecule has 1 N–H and O–H groups in total. The number of amides is 1. The molecule has 1 amide bonds. The molecular weight excluding hydrogens is 260 g/mol. The van der Waals surface area contributed by atoms with Crippen LogP contribution in [0.15, 0.2) is 34.9 Å². The fourth-order valence-electron chi connectivity index (χ4n) is 1.54. The summed E-state index contributed by atoms with van der Waals surface area (Å²) in [6.45, 7) is 3.05. The van der Waals surface area contributed by atoms with Gasteiger partial charge in [-0.3, -0.25) is 9.59 Å². The molecule has 0 aliphatic carbocycles. The fourth-order valence-corrected chi connectivity index (χ4v) is 1.54. The molecule has 0 unspecified atom stereocenters. The number of hydrogen-bond acceptors (Lipinski definition) is 5. The van der Waals surface area contributed by atoms with E-state index in [9.17, 15) is 9.59 Å². The molecule has 2 rings (SSSR count). The normalized spacial score (nSPS) is 10.1. The number of hydrogen-bond donors (Lipinski definition) is 1. The zero-order chi connectivity index (χ0) is 14.5. The van der Waals surface area contributed by atoms with E-state index in [-0.39, 0.29) is 24.2 Å². The van der Waals surface area contributed by atoms with E-state index in [2.05, 4.69) is 10.5 Å². The van der Waals surface area contributed by atoms with E-state index in [0.717, 1.165) is 0 Å². The first-order valence-corrected chi connectivity index (χ1v) is 6.01. The molecule has 104 valence electrons. The number of nitrogens with zero attached hydrogens (tertiary/aromatic N) is 1. The van der Waals surface area contributed by atoms with Crippen molar-refractivity contribution in [2.24, 2.45) is 0 Å². The number of aromatic nitrogens is 1. The summed E-state index contributed by atoms with van der Waals surface area (Å²) in [6.07, 6.45) is 0. The van der Waals surface area contributed by atoms with Gasteiger partial charge in [0.1, 0.15) is 5.76 Å². The Hall–Kier alpha value is -2.63. The lowest BCUT2D eigenvalue weighted by Crippen LogP contribution is -2.20. The first-order chi connectivity index (χ1) is 9.54. The van der Waals surface area contributed by atoms with Crippen LogP contribution in [0.3, 0.4) is 0 Å². The Morgan fingerprint density at radius 3 is 2.55 bits per heavy atom. The summed E-state index contributed by atoms with van der Waals surface area (Å²) >= 11 is 0. The lowest BCUT2D eigenvalue weighted by molar-refractivity contribution is -0.118. The average Bonchev–Trinajstić information content (AvgIpc) is 2.83. The minimum atomic E-state index is -0.318. The van der Waals surface area contributed by atoms with Gasteiger partial charge in [-0.1, -0.05) is 0 Å². The summed E-state index contributed by atoms with van der Waals surface area (Å²) in [7, 11) is 0. The Morgan fingerprint density at radius 2 is 2.00 bits per heavy atom. The summed E-state index contributed by atoms with van der Waals surface area (Å²) in [4.78, 5) is 22.8. The van der Waals surface area contributed by atoms with Gasteiger partial charge >= 0.3 is 0 Å². The summed E-state index contributed by atoms with van der Waals surface area (Å²) in [6, 6.07) is 8.22. The van der Waals surface area contributed by atoms with Crippen LogP contribution in [0.4, 0.5) is 5.69 Å². The number of carbonyl (C=O) groups excluding carboxylic acids is 2. The van der Waals surface area contributed by atoms with Crippen molar-refractivity contribution in [1.29, 1.82) is 0 Å². The third kappa shape index (κ3) is 3.68. The molecule has 0 fully saturated rings. The molecule has 0 saturated heterocycles. The third-order valence-electron chi connectivity index (χ3n) is 2.53. The second-order valence-corrected chi connectivity index (χ2v) is 4.25. The van der Waals surface area contributed by atoms with Crippen LogP contribution < -0.4 is 10.1 Å². The molecule has 0 radical (unpaired) electrons. The quantitative estimate of drug-likeness (QED) is 0.845. The predicted octanol–water partition coefficient (Wildman–Crippen LogP) is 2.20. The standard InChI is InChI=1S/C14H14N2O4/c1-9-7-14(16-20-9)19-8-13(18)15-12-5-3-11(4-6-12)10(2)17/h3-7H,8H2,1-2H3,(H,15,18). The fraction of sp³-hybridized carbons (Fsp3) is 0.214. The van der Waals surface area contributed by atoms with Crippen LogP contribution in [-0.4, -0.2) is 23.5 Å². The van der Waals surface area contributed by atoms with Gasteiger partial charge in [0.2, 0.25) is 0 Å². The minimum absolute atomic E-state index is 0.0207. The maximum atomic E-state index is 11.6. The lowest BCUT2D eigenvalue weighted by atomic mass is 10.1. The Kier molecular flexibility index (Phi) is 4.14. The van der Waals surface area contributed by atoms with Crippen molar-refractivity contribution in [2.75, 3.05) is 11.9 Å². The number of ether oxygens (including phenoxy) is 1. The van der Waals surface area contributed by atoms with Crippen molar-refractivity contribution >= 4 is 17.4 Å². The van der Waals surface area contributed by atoms with Gasteiger partial charge < -0.3 is 14.6 Å². The van der Waals surface area contributed by atoms with Crippen LogP contribution in [0.2, 0.25) is 0 Å². The Balaban J connectivity index is 1.86. The largest absolute Gasteiger partial charge is 0.465 e. The lowest BCUT2D eigenvalue weighted by Gasteiger charge is -2.05. The van der Waals surface area contributed by atoms with Gasteiger partial charge in [-0.05, 0) is 43.3 Å². The molecule has 6 heteroatoms. The maximum absolute atomic E-state index is 11.6. The number of carbonyl (C=O) groups is 2. The van der Waals surface area contributed by atoms with Gasteiger partial charge in [-0.15, -0.1) is 0 Å². The topological polar surface area (TPSA) is 81.4 Å². The number of rotatable bonds is 5. The molecule has 1 heterocycles. The summed E-state index contributed by atoms with van der Waals surface area (Å²) in [5.41, 5.74) is 1.19. The second kappa shape index (κ2) is 6.01. The molecule has 0 spiro atoms. The van der Waals surface area contributed by atoms with Crippen molar-refractivity contribution in [1.82, 2.24) is 5.16 Å². The average molecular weight is 274 g/mol. The van der Waals surface area contributed by atoms with Gasteiger partial charge in [0.15, 0.2) is 12.4 Å². The zero-order valence-corrected chi connectivity index (χ0v) is 11.2. The summed E-state index contributed by atoms with van der Waals surface area (Å²) < 4.78 is 9.96. The van der Waals surface area contributed by atoms with Gasteiger partial charge in [-0.25, -0.2) is 0 Å². The molecule has 0 aliphatic heterocycles. The monoisotopic (exact) mass is 274 g/mol. The highest BCUT2D eigenvalue weighted by molar-refractivity contribution is 5.95. The Bertz CT molecular complexity index is 616. The van der Waals surface area contributed by atoms with Crippen LogP contribution in [0.25, 0.3) is 0 Å². The second-order valence-electron chi connectivity index (χ2n) is 4.25. The van der Waals surface area contributed by atoms with E-state index in [1.807, 2.05) is 0 Å². The highest BCUT2D eigenvalue weighted by Gasteiger charge is 2.07. The van der Waals surface area contributed by atoms with Crippen molar-refractivity contribution < 1.29 is 18.8 Å². The first-order valence-electron chi connectivity index (χ1n) is 6.01. The molecule has 0 aliphatic rings. The van der Waals surface area contributed by atoms with Crippen molar-refractivity contribution in [2.45, 2.75) is 13.8 Å². The van der Waals surface area contributed by atoms with Crippen LogP contribution in [0.5, 0.6) is 5.88 Å². The number of Topliss-reactive ketones (excluding diaryl/α,β-unsaturated/α-hetero) is 1. The van der Waals surface area contributed by atoms with Crippen molar-refractivity contribution in [3.63, 3.8) is 0 Å². The van der Waals surface area contributed by atoms with Crippen LogP contribution >= 0.6 is 0 Å². The van der Waals surface area contributed by atoms with E-state index >= 15 is 0 Å². The van der Waals surface area contributed by atoms with Crippen LogP contribution in [0.1, 0.15) is 23.0 Å². The predicted molar refractivity (Wildman–Crippen MR) is 71.8 cm³/mol. The number of benzene rings is 1. The molecule has 0 saturated carbocycles. The van der Waals surface area contributed by atoms with E-state index in [1.165, 1.54) is 6.92 Å². The van der Waals surface area contributed by atoms with Crippen molar-refractivity contribution in [3.8, 4) is 5.88 Å². The zero-order valence-electron chi connectivity index (χ0n) is 11.2. The molecule has 6 nitrogen and oxygen atoms in total. The van der Waals surface area contributed by atoms with Crippen LogP contribution in [-0.2, 0) is 4.79 Å². The molecule has 0 atom stereocenters. The Morgan fingerprint density at radius 1 is 1.30 bits per heavy atom. The van der Waals surface area contributed by atoms with Gasteiger partial charge in [-0.2, -0.15) is 0 Å². The third-order valence-corrected chi connectivity index (χ3v) is 2.53. The molecule has 0 bridgehead atoms. The maximum Gasteiger partial charge on any atom is 0.262 e. The first kappa shape index (κ1) is 13.8. The highest BCUT2D eigenvalue weighted by atomic mass is 16.5. The van der Waals surface area contributed by atoms with E-state index in [4.69, 9.17) is 9.26 Å². The number of ketones is 1. The number of nitrogens with one attached hydrogen (secondary N) is 1. The summed E-state index contributed by atoms with van der Waals surface area (Å²) in [5, 5.41) is 6.26. The van der Waals surface area contributed by atoms with E-state index in [1.54, 1.807) is 37.3 Å². The highest BCUT2D eigenvalue weighted by Crippen LogP contribution is 2.11. The van der Waals surface area contributed by atoms with Crippen molar-refractivity contribution in [3.05, 3.63) is 41.7 Å². The molecule has 20 heavy (non-hydrogen) atoms. The van der Waals surface area contributed by atoms with Gasteiger partial charge in [0, 0.05) is 17.3 Å². The van der Waals surface area contributed by atoms with E-state index in [0.29, 0.717) is 17.0 Å². The van der Waals surface area contributed by atoms with Gasteiger partial charge in [0.25, 0.3) is 11.8 Å². The molecular formula is C14H14N2O4. The molecule has 1 aromatic heterocycles.